The average molecular weight is 276 g/mol. The lowest BCUT2D eigenvalue weighted by Gasteiger charge is -2.05. The standard InChI is InChI=1S/C9H7BrFNO3/c10-5-2-1-3-6(9(5)11)12-7(13)4-8(14)15/h1-3H,4H2,(H,12,13)(H,14,15). The topological polar surface area (TPSA) is 66.4 Å². The molecule has 4 nitrogen and oxygen atoms in total. The molecule has 0 saturated heterocycles. The Morgan fingerprint density at radius 3 is 2.73 bits per heavy atom. The fraction of sp³-hybridized carbons (Fsp3) is 0.111. The van der Waals surface area contributed by atoms with E-state index in [0.717, 1.165) is 0 Å². The van der Waals surface area contributed by atoms with Crippen molar-refractivity contribution in [3.8, 4) is 0 Å². The fourth-order valence-corrected chi connectivity index (χ4v) is 1.30. The maximum Gasteiger partial charge on any atom is 0.312 e. The number of rotatable bonds is 3. The molecular formula is C9H7BrFNO3. The Bertz CT molecular complexity index is 408. The molecular weight excluding hydrogens is 269 g/mol. The van der Waals surface area contributed by atoms with Gasteiger partial charge in [-0.2, -0.15) is 0 Å². The highest BCUT2D eigenvalue weighted by Gasteiger charge is 2.11. The van der Waals surface area contributed by atoms with Crippen LogP contribution in [0.15, 0.2) is 22.7 Å². The second kappa shape index (κ2) is 4.88. The van der Waals surface area contributed by atoms with E-state index in [9.17, 15) is 14.0 Å². The van der Waals surface area contributed by atoms with E-state index in [4.69, 9.17) is 5.11 Å². The summed E-state index contributed by atoms with van der Waals surface area (Å²) in [7, 11) is 0. The monoisotopic (exact) mass is 275 g/mol. The van der Waals surface area contributed by atoms with Crippen LogP contribution in [0.2, 0.25) is 0 Å². The summed E-state index contributed by atoms with van der Waals surface area (Å²) in [6.45, 7) is 0. The van der Waals surface area contributed by atoms with Crippen LogP contribution in [-0.2, 0) is 9.59 Å². The SMILES string of the molecule is O=C(O)CC(=O)Nc1cccc(Br)c1F. The summed E-state index contributed by atoms with van der Waals surface area (Å²) < 4.78 is 13.5. The zero-order valence-corrected chi connectivity index (χ0v) is 9.04. The molecule has 0 aromatic heterocycles. The smallest absolute Gasteiger partial charge is 0.312 e. The summed E-state index contributed by atoms with van der Waals surface area (Å²) in [5.74, 6) is -2.65. The number of nitrogens with one attached hydrogen (secondary N) is 1. The molecule has 0 saturated carbocycles. The Balaban J connectivity index is 2.77. The van der Waals surface area contributed by atoms with Crippen LogP contribution in [0.25, 0.3) is 0 Å². The van der Waals surface area contributed by atoms with Gasteiger partial charge in [-0.15, -0.1) is 0 Å². The summed E-state index contributed by atoms with van der Waals surface area (Å²) in [5, 5.41) is 10.5. The molecule has 1 rings (SSSR count). The van der Waals surface area contributed by atoms with E-state index in [1.807, 2.05) is 0 Å². The Morgan fingerprint density at radius 1 is 1.47 bits per heavy atom. The van der Waals surface area contributed by atoms with Crippen LogP contribution in [0.5, 0.6) is 0 Å². The minimum absolute atomic E-state index is 0.0457. The Labute approximate surface area is 93.2 Å². The van der Waals surface area contributed by atoms with Gasteiger partial charge in [0.2, 0.25) is 5.91 Å². The number of halogens is 2. The largest absolute Gasteiger partial charge is 0.481 e. The van der Waals surface area contributed by atoms with E-state index in [2.05, 4.69) is 21.2 Å². The van der Waals surface area contributed by atoms with Crippen molar-refractivity contribution in [3.05, 3.63) is 28.5 Å². The molecule has 15 heavy (non-hydrogen) atoms. The van der Waals surface area contributed by atoms with Crippen LogP contribution >= 0.6 is 15.9 Å². The van der Waals surface area contributed by atoms with Crippen molar-refractivity contribution in [1.82, 2.24) is 0 Å². The van der Waals surface area contributed by atoms with Crippen molar-refractivity contribution in [1.29, 1.82) is 0 Å². The number of carbonyl (C=O) groups excluding carboxylic acids is 1. The van der Waals surface area contributed by atoms with Gasteiger partial charge in [0.15, 0.2) is 5.82 Å². The summed E-state index contributed by atoms with van der Waals surface area (Å²) in [6.07, 6.45) is -0.689. The van der Waals surface area contributed by atoms with E-state index in [0.29, 0.717) is 0 Å². The summed E-state index contributed by atoms with van der Waals surface area (Å²) in [4.78, 5) is 21.2. The van der Waals surface area contributed by atoms with E-state index in [1.165, 1.54) is 18.2 Å². The Kier molecular flexibility index (Phi) is 3.79. The molecule has 0 unspecified atom stereocenters. The number of benzene rings is 1. The van der Waals surface area contributed by atoms with E-state index < -0.39 is 24.1 Å². The molecule has 0 fully saturated rings. The molecule has 0 spiro atoms. The number of hydrogen-bond donors (Lipinski definition) is 2. The summed E-state index contributed by atoms with van der Waals surface area (Å²) in [6, 6.07) is 4.35. The molecule has 1 amide bonds. The van der Waals surface area contributed by atoms with Crippen molar-refractivity contribution in [2.45, 2.75) is 6.42 Å². The number of carbonyl (C=O) groups is 2. The molecule has 0 bridgehead atoms. The first-order valence-corrected chi connectivity index (χ1v) is 4.75. The van der Waals surface area contributed by atoms with Gasteiger partial charge in [0.1, 0.15) is 6.42 Å². The quantitative estimate of drug-likeness (QED) is 0.830. The van der Waals surface area contributed by atoms with Crippen molar-refractivity contribution in [3.63, 3.8) is 0 Å². The molecule has 0 heterocycles. The van der Waals surface area contributed by atoms with Gasteiger partial charge >= 0.3 is 5.97 Å². The average Bonchev–Trinajstić information content (AvgIpc) is 2.11. The fourth-order valence-electron chi connectivity index (χ4n) is 0.932. The van der Waals surface area contributed by atoms with Crippen molar-refractivity contribution in [2.24, 2.45) is 0 Å². The minimum Gasteiger partial charge on any atom is -0.481 e. The highest BCUT2D eigenvalue weighted by molar-refractivity contribution is 9.10. The van der Waals surface area contributed by atoms with Gasteiger partial charge in [0.25, 0.3) is 0 Å². The highest BCUT2D eigenvalue weighted by atomic mass is 79.9. The Hall–Kier alpha value is -1.43. The van der Waals surface area contributed by atoms with Gasteiger partial charge in [-0.3, -0.25) is 9.59 Å². The number of hydrogen-bond acceptors (Lipinski definition) is 2. The van der Waals surface area contributed by atoms with E-state index in [-0.39, 0.29) is 10.2 Å². The molecule has 80 valence electrons. The first-order valence-electron chi connectivity index (χ1n) is 3.96. The second-order valence-electron chi connectivity index (χ2n) is 2.72. The van der Waals surface area contributed by atoms with Crippen LogP contribution in [-0.4, -0.2) is 17.0 Å². The number of aliphatic carboxylic acids is 1. The molecule has 2 N–H and O–H groups in total. The van der Waals surface area contributed by atoms with Crippen molar-refractivity contribution < 1.29 is 19.1 Å². The van der Waals surface area contributed by atoms with Crippen LogP contribution in [0.3, 0.4) is 0 Å². The predicted octanol–water partition coefficient (Wildman–Crippen LogP) is 2.00. The lowest BCUT2D eigenvalue weighted by molar-refractivity contribution is -0.139. The molecule has 0 aliphatic rings. The third-order valence-corrected chi connectivity index (χ3v) is 2.15. The molecule has 0 aliphatic heterocycles. The Morgan fingerprint density at radius 2 is 2.13 bits per heavy atom. The molecule has 6 heteroatoms. The van der Waals surface area contributed by atoms with Gasteiger partial charge in [0.05, 0.1) is 10.2 Å². The number of anilines is 1. The maximum atomic E-state index is 13.3. The normalized spacial score (nSPS) is 9.73. The molecule has 1 aromatic carbocycles. The highest BCUT2D eigenvalue weighted by Crippen LogP contribution is 2.22. The predicted molar refractivity (Wildman–Crippen MR) is 55.0 cm³/mol. The zero-order chi connectivity index (χ0) is 11.4. The first-order chi connectivity index (χ1) is 7.00. The van der Waals surface area contributed by atoms with Gasteiger partial charge in [0, 0.05) is 0 Å². The van der Waals surface area contributed by atoms with E-state index >= 15 is 0 Å². The molecule has 0 atom stereocenters. The zero-order valence-electron chi connectivity index (χ0n) is 7.46. The van der Waals surface area contributed by atoms with Gasteiger partial charge in [-0.1, -0.05) is 6.07 Å². The van der Waals surface area contributed by atoms with E-state index in [1.54, 1.807) is 0 Å². The molecule has 1 aromatic rings. The second-order valence-corrected chi connectivity index (χ2v) is 3.57. The van der Waals surface area contributed by atoms with Crippen molar-refractivity contribution in [2.75, 3.05) is 5.32 Å². The first kappa shape index (κ1) is 11.6. The van der Waals surface area contributed by atoms with Gasteiger partial charge < -0.3 is 10.4 Å². The maximum absolute atomic E-state index is 13.3. The molecule has 0 aliphatic carbocycles. The van der Waals surface area contributed by atoms with Crippen LogP contribution in [0.4, 0.5) is 10.1 Å². The van der Waals surface area contributed by atoms with Gasteiger partial charge in [-0.25, -0.2) is 4.39 Å². The third kappa shape index (κ3) is 3.32. The summed E-state index contributed by atoms with van der Waals surface area (Å²) in [5.41, 5.74) is -0.0457. The van der Waals surface area contributed by atoms with Crippen LogP contribution in [0.1, 0.15) is 6.42 Å². The number of amides is 1. The van der Waals surface area contributed by atoms with Crippen LogP contribution < -0.4 is 5.32 Å². The lowest BCUT2D eigenvalue weighted by atomic mass is 10.3. The number of carboxylic acid groups (broad SMARTS) is 1. The van der Waals surface area contributed by atoms with Gasteiger partial charge in [-0.05, 0) is 28.1 Å². The third-order valence-electron chi connectivity index (χ3n) is 1.54. The lowest BCUT2D eigenvalue weighted by Crippen LogP contribution is -2.16. The molecule has 0 radical (unpaired) electrons. The van der Waals surface area contributed by atoms with Crippen molar-refractivity contribution >= 4 is 33.5 Å². The minimum atomic E-state index is -1.26. The van der Waals surface area contributed by atoms with Crippen LogP contribution in [0, 0.1) is 5.82 Å². The summed E-state index contributed by atoms with van der Waals surface area (Å²) >= 11 is 2.94. The number of carboxylic acids is 1.